The number of hydrogen-bond acceptors (Lipinski definition) is 2. The molecule has 0 amide bonds. The average molecular weight is 397 g/mol. The Morgan fingerprint density at radius 2 is 1.85 bits per heavy atom. The van der Waals surface area contributed by atoms with Gasteiger partial charge in [-0.25, -0.2) is 0 Å². The van der Waals surface area contributed by atoms with Crippen LogP contribution in [-0.2, 0) is 7.05 Å². The predicted molar refractivity (Wildman–Crippen MR) is 114 cm³/mol. The Bertz CT molecular complexity index is 981. The Balaban J connectivity index is 1.87. The second kappa shape index (κ2) is 6.98. The van der Waals surface area contributed by atoms with Crippen molar-refractivity contribution in [3.8, 4) is 0 Å². The summed E-state index contributed by atoms with van der Waals surface area (Å²) in [6.45, 7) is 4.28. The van der Waals surface area contributed by atoms with Crippen molar-refractivity contribution in [1.82, 2.24) is 14.9 Å². The predicted octanol–water partition coefficient (Wildman–Crippen LogP) is 4.87. The second-order valence-electron chi connectivity index (χ2n) is 6.86. The first kappa shape index (κ1) is 18.0. The van der Waals surface area contributed by atoms with Gasteiger partial charge in [0.1, 0.15) is 0 Å². The van der Waals surface area contributed by atoms with Crippen LogP contribution in [0.15, 0.2) is 54.7 Å². The molecule has 1 aliphatic rings. The summed E-state index contributed by atoms with van der Waals surface area (Å²) in [5, 5.41) is 4.89. The van der Waals surface area contributed by atoms with Gasteiger partial charge in [-0.1, -0.05) is 17.7 Å². The summed E-state index contributed by atoms with van der Waals surface area (Å²) in [5.74, 6) is 0. The van der Waals surface area contributed by atoms with E-state index in [1.165, 1.54) is 17.0 Å². The van der Waals surface area contributed by atoms with E-state index < -0.39 is 0 Å². The first-order valence-electron chi connectivity index (χ1n) is 8.86. The molecule has 1 saturated heterocycles. The standard InChI is InChI=1S/C21H21ClN4S/c1-13-12-17(14(2)25(13)3)20-19(18-6-4-5-11-23-18)24-21(27)26(20)16-9-7-15(22)8-10-16/h4-12,19-20H,1-3H3,(H,24,27)/t19-,20-/m0/s1. The zero-order chi connectivity index (χ0) is 19.1. The molecule has 2 aromatic heterocycles. The van der Waals surface area contributed by atoms with Crippen LogP contribution in [0.3, 0.4) is 0 Å². The summed E-state index contributed by atoms with van der Waals surface area (Å²) in [4.78, 5) is 6.77. The second-order valence-corrected chi connectivity index (χ2v) is 7.68. The van der Waals surface area contributed by atoms with E-state index in [2.05, 4.69) is 46.7 Å². The molecule has 0 radical (unpaired) electrons. The lowest BCUT2D eigenvalue weighted by Gasteiger charge is -2.28. The lowest BCUT2D eigenvalue weighted by atomic mass is 9.96. The number of rotatable bonds is 3. The molecule has 1 fully saturated rings. The van der Waals surface area contributed by atoms with Crippen molar-refractivity contribution in [2.75, 3.05) is 4.90 Å². The summed E-state index contributed by atoms with van der Waals surface area (Å²) in [6.07, 6.45) is 1.82. The number of halogens is 1. The number of nitrogens with zero attached hydrogens (tertiary/aromatic N) is 3. The summed E-state index contributed by atoms with van der Waals surface area (Å²) in [6, 6.07) is 16.0. The van der Waals surface area contributed by atoms with Crippen LogP contribution in [0.25, 0.3) is 0 Å². The third-order valence-electron chi connectivity index (χ3n) is 5.34. The van der Waals surface area contributed by atoms with E-state index in [9.17, 15) is 0 Å². The number of aromatic nitrogens is 2. The van der Waals surface area contributed by atoms with Crippen LogP contribution in [-0.4, -0.2) is 14.7 Å². The number of benzene rings is 1. The smallest absolute Gasteiger partial charge is 0.174 e. The molecular weight excluding hydrogens is 376 g/mol. The Hall–Kier alpha value is -2.37. The third-order valence-corrected chi connectivity index (χ3v) is 5.90. The molecular formula is C21H21ClN4S. The van der Waals surface area contributed by atoms with Crippen molar-refractivity contribution in [3.63, 3.8) is 0 Å². The normalized spacial score (nSPS) is 19.4. The highest BCUT2D eigenvalue weighted by Crippen LogP contribution is 2.43. The van der Waals surface area contributed by atoms with E-state index in [0.29, 0.717) is 10.1 Å². The Labute approximate surface area is 169 Å². The van der Waals surface area contributed by atoms with E-state index in [4.69, 9.17) is 23.8 Å². The maximum absolute atomic E-state index is 6.10. The van der Waals surface area contributed by atoms with E-state index in [0.717, 1.165) is 11.4 Å². The molecule has 4 rings (SSSR count). The van der Waals surface area contributed by atoms with Gasteiger partial charge in [0.05, 0.1) is 17.8 Å². The van der Waals surface area contributed by atoms with Gasteiger partial charge in [-0.15, -0.1) is 0 Å². The minimum atomic E-state index is -0.0325. The van der Waals surface area contributed by atoms with E-state index in [1.807, 2.05) is 48.7 Å². The SMILES string of the molecule is Cc1cc([C@H]2[C@H](c3ccccn3)NC(=S)N2c2ccc(Cl)cc2)c(C)n1C. The van der Waals surface area contributed by atoms with Gasteiger partial charge in [0.15, 0.2) is 5.11 Å². The molecule has 0 spiro atoms. The number of aryl methyl sites for hydroxylation is 1. The van der Waals surface area contributed by atoms with E-state index in [1.54, 1.807) is 0 Å². The maximum Gasteiger partial charge on any atom is 0.174 e. The number of hydrogen-bond donors (Lipinski definition) is 1. The summed E-state index contributed by atoms with van der Waals surface area (Å²) in [7, 11) is 2.09. The molecule has 138 valence electrons. The molecule has 0 bridgehead atoms. The number of pyridine rings is 1. The van der Waals surface area contributed by atoms with Crippen molar-refractivity contribution in [2.45, 2.75) is 25.9 Å². The van der Waals surface area contributed by atoms with Crippen molar-refractivity contribution >= 4 is 34.6 Å². The van der Waals surface area contributed by atoms with Gasteiger partial charge < -0.3 is 14.8 Å². The quantitative estimate of drug-likeness (QED) is 0.640. The van der Waals surface area contributed by atoms with Crippen LogP contribution in [0.5, 0.6) is 0 Å². The van der Waals surface area contributed by atoms with Gasteiger partial charge in [0.2, 0.25) is 0 Å². The van der Waals surface area contributed by atoms with Gasteiger partial charge in [0.25, 0.3) is 0 Å². The van der Waals surface area contributed by atoms with Crippen molar-refractivity contribution in [1.29, 1.82) is 0 Å². The highest BCUT2D eigenvalue weighted by molar-refractivity contribution is 7.80. The maximum atomic E-state index is 6.10. The van der Waals surface area contributed by atoms with Crippen LogP contribution in [0.4, 0.5) is 5.69 Å². The highest BCUT2D eigenvalue weighted by Gasteiger charge is 2.42. The van der Waals surface area contributed by atoms with Crippen LogP contribution < -0.4 is 10.2 Å². The monoisotopic (exact) mass is 396 g/mol. The van der Waals surface area contributed by atoms with Gasteiger partial charge in [-0.3, -0.25) is 4.98 Å². The Morgan fingerprint density at radius 3 is 2.44 bits per heavy atom. The molecule has 3 heterocycles. The minimum absolute atomic E-state index is 0.00785. The van der Waals surface area contributed by atoms with Crippen molar-refractivity contribution in [3.05, 3.63) is 82.4 Å². The van der Waals surface area contributed by atoms with Gasteiger partial charge in [0, 0.05) is 35.3 Å². The van der Waals surface area contributed by atoms with Gasteiger partial charge in [-0.05, 0) is 74.1 Å². The first-order valence-corrected chi connectivity index (χ1v) is 9.65. The molecule has 1 aromatic carbocycles. The largest absolute Gasteiger partial charge is 0.352 e. The first-order chi connectivity index (χ1) is 13.0. The van der Waals surface area contributed by atoms with Crippen LogP contribution >= 0.6 is 23.8 Å². The topological polar surface area (TPSA) is 33.1 Å². The van der Waals surface area contributed by atoms with E-state index in [-0.39, 0.29) is 12.1 Å². The summed E-state index contributed by atoms with van der Waals surface area (Å²) >= 11 is 11.8. The molecule has 0 saturated carbocycles. The van der Waals surface area contributed by atoms with Crippen molar-refractivity contribution < 1.29 is 0 Å². The highest BCUT2D eigenvalue weighted by atomic mass is 35.5. The number of nitrogens with one attached hydrogen (secondary N) is 1. The molecule has 27 heavy (non-hydrogen) atoms. The molecule has 4 nitrogen and oxygen atoms in total. The van der Waals surface area contributed by atoms with Gasteiger partial charge >= 0.3 is 0 Å². The Kier molecular flexibility index (Phi) is 4.66. The molecule has 2 atom stereocenters. The molecule has 1 aliphatic heterocycles. The molecule has 1 N–H and O–H groups in total. The fourth-order valence-corrected chi connectivity index (χ4v) is 4.21. The minimum Gasteiger partial charge on any atom is -0.352 e. The summed E-state index contributed by atoms with van der Waals surface area (Å²) in [5.41, 5.74) is 5.68. The summed E-state index contributed by atoms with van der Waals surface area (Å²) < 4.78 is 2.21. The van der Waals surface area contributed by atoms with Crippen molar-refractivity contribution in [2.24, 2.45) is 7.05 Å². The molecule has 0 unspecified atom stereocenters. The number of thiocarbonyl (C=S) groups is 1. The molecule has 3 aromatic rings. The average Bonchev–Trinajstić information content (AvgIpc) is 3.14. The fraction of sp³-hybridized carbons (Fsp3) is 0.238. The zero-order valence-corrected chi connectivity index (χ0v) is 17.1. The van der Waals surface area contributed by atoms with Gasteiger partial charge in [-0.2, -0.15) is 0 Å². The van der Waals surface area contributed by atoms with Crippen LogP contribution in [0.1, 0.15) is 34.7 Å². The molecule has 6 heteroatoms. The van der Waals surface area contributed by atoms with E-state index >= 15 is 0 Å². The molecule has 0 aliphatic carbocycles. The lowest BCUT2D eigenvalue weighted by molar-refractivity contribution is 0.564. The lowest BCUT2D eigenvalue weighted by Crippen LogP contribution is -2.29. The Morgan fingerprint density at radius 1 is 1.11 bits per heavy atom. The number of anilines is 1. The zero-order valence-electron chi connectivity index (χ0n) is 15.5. The van der Waals surface area contributed by atoms with Crippen LogP contribution in [0.2, 0.25) is 5.02 Å². The van der Waals surface area contributed by atoms with Crippen LogP contribution in [0, 0.1) is 13.8 Å². The fourth-order valence-electron chi connectivity index (χ4n) is 3.73. The third kappa shape index (κ3) is 3.11.